The maximum atomic E-state index is 12.1. The van der Waals surface area contributed by atoms with Crippen LogP contribution >= 0.6 is 0 Å². The molecule has 0 aromatic rings. The van der Waals surface area contributed by atoms with Crippen LogP contribution in [0, 0.1) is 5.92 Å². The topological polar surface area (TPSA) is 98.7 Å². The Morgan fingerprint density at radius 3 is 2.65 bits per heavy atom. The molecule has 0 spiro atoms. The average molecular weight is 284 g/mol. The lowest BCUT2D eigenvalue weighted by Gasteiger charge is -2.40. The summed E-state index contributed by atoms with van der Waals surface area (Å²) in [5, 5.41) is 24.3. The first-order valence-corrected chi connectivity index (χ1v) is 7.39. The second kappa shape index (κ2) is 6.10. The summed E-state index contributed by atoms with van der Waals surface area (Å²) in [7, 11) is 0. The zero-order valence-electron chi connectivity index (χ0n) is 11.9. The SMILES string of the molecule is CC(O)(CNC(=O)C1CCC2CCCCC2N1)C(=O)O. The molecule has 1 amide bonds. The number of amides is 1. The van der Waals surface area contributed by atoms with Gasteiger partial charge >= 0.3 is 5.97 Å². The van der Waals surface area contributed by atoms with E-state index in [1.165, 1.54) is 26.2 Å². The molecule has 0 radical (unpaired) electrons. The van der Waals surface area contributed by atoms with Gasteiger partial charge in [-0.3, -0.25) is 4.79 Å². The molecule has 1 saturated carbocycles. The van der Waals surface area contributed by atoms with Gasteiger partial charge in [0.15, 0.2) is 5.60 Å². The predicted octanol–water partition coefficient (Wildman–Crippen LogP) is 0.249. The van der Waals surface area contributed by atoms with E-state index >= 15 is 0 Å². The monoisotopic (exact) mass is 284 g/mol. The van der Waals surface area contributed by atoms with E-state index in [4.69, 9.17) is 5.11 Å². The summed E-state index contributed by atoms with van der Waals surface area (Å²) in [4.78, 5) is 22.8. The highest BCUT2D eigenvalue weighted by Gasteiger charge is 2.36. The van der Waals surface area contributed by atoms with Crippen LogP contribution in [0.4, 0.5) is 0 Å². The van der Waals surface area contributed by atoms with Gasteiger partial charge in [0.1, 0.15) is 0 Å². The Morgan fingerprint density at radius 2 is 1.95 bits per heavy atom. The van der Waals surface area contributed by atoms with Crippen LogP contribution in [-0.2, 0) is 9.59 Å². The van der Waals surface area contributed by atoms with Crippen LogP contribution in [0.5, 0.6) is 0 Å². The number of fused-ring (bicyclic) bond motifs is 1. The van der Waals surface area contributed by atoms with Crippen LogP contribution in [0.3, 0.4) is 0 Å². The molecule has 1 aliphatic heterocycles. The van der Waals surface area contributed by atoms with Gasteiger partial charge in [-0.2, -0.15) is 0 Å². The van der Waals surface area contributed by atoms with Gasteiger partial charge in [-0.15, -0.1) is 0 Å². The van der Waals surface area contributed by atoms with Crippen molar-refractivity contribution in [3.05, 3.63) is 0 Å². The Hall–Kier alpha value is -1.14. The van der Waals surface area contributed by atoms with Crippen molar-refractivity contribution in [3.8, 4) is 0 Å². The highest BCUT2D eigenvalue weighted by molar-refractivity contribution is 5.83. The predicted molar refractivity (Wildman–Crippen MR) is 73.2 cm³/mol. The smallest absolute Gasteiger partial charge is 0.337 e. The minimum atomic E-state index is -1.92. The summed E-state index contributed by atoms with van der Waals surface area (Å²) in [6.45, 7) is 0.911. The van der Waals surface area contributed by atoms with Gasteiger partial charge in [0.25, 0.3) is 0 Å². The molecular weight excluding hydrogens is 260 g/mol. The van der Waals surface area contributed by atoms with Crippen molar-refractivity contribution < 1.29 is 19.8 Å². The number of aliphatic carboxylic acids is 1. The van der Waals surface area contributed by atoms with Crippen molar-refractivity contribution in [2.24, 2.45) is 5.92 Å². The number of nitrogens with one attached hydrogen (secondary N) is 2. The van der Waals surface area contributed by atoms with Crippen LogP contribution in [0.25, 0.3) is 0 Å². The van der Waals surface area contributed by atoms with Crippen LogP contribution in [0.1, 0.15) is 45.4 Å². The molecule has 4 unspecified atom stereocenters. The fraction of sp³-hybridized carbons (Fsp3) is 0.857. The Bertz CT molecular complexity index is 383. The fourth-order valence-electron chi connectivity index (χ4n) is 3.16. The quantitative estimate of drug-likeness (QED) is 0.593. The third-order valence-electron chi connectivity index (χ3n) is 4.53. The Morgan fingerprint density at radius 1 is 1.25 bits per heavy atom. The van der Waals surface area contributed by atoms with E-state index in [2.05, 4.69) is 10.6 Å². The van der Waals surface area contributed by atoms with Crippen molar-refractivity contribution in [1.82, 2.24) is 10.6 Å². The summed E-state index contributed by atoms with van der Waals surface area (Å²) in [5.41, 5.74) is -1.92. The highest BCUT2D eigenvalue weighted by atomic mass is 16.4. The molecule has 0 aromatic heterocycles. The van der Waals surface area contributed by atoms with Crippen molar-refractivity contribution in [3.63, 3.8) is 0 Å². The van der Waals surface area contributed by atoms with Gasteiger partial charge < -0.3 is 20.8 Å². The third kappa shape index (κ3) is 3.49. The van der Waals surface area contributed by atoms with Crippen LogP contribution in [0.2, 0.25) is 0 Å². The maximum Gasteiger partial charge on any atom is 0.337 e. The lowest BCUT2D eigenvalue weighted by molar-refractivity contribution is -0.156. The molecular formula is C14H24N2O4. The molecule has 2 fully saturated rings. The molecule has 6 nitrogen and oxygen atoms in total. The first kappa shape index (κ1) is 15.3. The van der Waals surface area contributed by atoms with E-state index < -0.39 is 11.6 Å². The molecule has 2 aliphatic rings. The van der Waals surface area contributed by atoms with Gasteiger partial charge in [-0.1, -0.05) is 12.8 Å². The second-order valence-corrected chi connectivity index (χ2v) is 6.24. The maximum absolute atomic E-state index is 12.1. The number of carbonyl (C=O) groups excluding carboxylic acids is 1. The van der Waals surface area contributed by atoms with E-state index in [-0.39, 0.29) is 18.5 Å². The van der Waals surface area contributed by atoms with Gasteiger partial charge in [0.05, 0.1) is 12.6 Å². The van der Waals surface area contributed by atoms with Crippen molar-refractivity contribution in [2.45, 2.75) is 63.1 Å². The molecule has 4 atom stereocenters. The highest BCUT2D eigenvalue weighted by Crippen LogP contribution is 2.32. The van der Waals surface area contributed by atoms with Crippen molar-refractivity contribution in [1.29, 1.82) is 0 Å². The molecule has 20 heavy (non-hydrogen) atoms. The molecule has 1 saturated heterocycles. The summed E-state index contributed by atoms with van der Waals surface area (Å²) in [6.07, 6.45) is 6.66. The van der Waals surface area contributed by atoms with Gasteiger partial charge in [-0.25, -0.2) is 4.79 Å². The van der Waals surface area contributed by atoms with Gasteiger partial charge in [0.2, 0.25) is 5.91 Å². The normalized spacial score (nSPS) is 32.8. The lowest BCUT2D eigenvalue weighted by atomic mass is 9.77. The van der Waals surface area contributed by atoms with E-state index in [1.54, 1.807) is 0 Å². The minimum Gasteiger partial charge on any atom is -0.479 e. The average Bonchev–Trinajstić information content (AvgIpc) is 2.44. The van der Waals surface area contributed by atoms with E-state index in [9.17, 15) is 14.7 Å². The van der Waals surface area contributed by atoms with Crippen LogP contribution in [0.15, 0.2) is 0 Å². The molecule has 1 aliphatic carbocycles. The Kier molecular flexibility index (Phi) is 4.65. The molecule has 2 rings (SSSR count). The number of hydrogen-bond donors (Lipinski definition) is 4. The standard InChI is InChI=1S/C14H24N2O4/c1-14(20,13(18)19)8-15-12(17)11-7-6-9-4-2-3-5-10(9)16-11/h9-11,16,20H,2-8H2,1H3,(H,15,17)(H,18,19). The number of rotatable bonds is 4. The third-order valence-corrected chi connectivity index (χ3v) is 4.53. The lowest BCUT2D eigenvalue weighted by Crippen LogP contribution is -2.57. The molecule has 1 heterocycles. The molecule has 0 bridgehead atoms. The number of carbonyl (C=O) groups is 2. The van der Waals surface area contributed by atoms with E-state index in [1.807, 2.05) is 0 Å². The van der Waals surface area contributed by atoms with Gasteiger partial charge in [-0.05, 0) is 38.5 Å². The zero-order chi connectivity index (χ0) is 14.8. The molecule has 4 N–H and O–H groups in total. The number of carboxylic acids is 1. The number of hydrogen-bond acceptors (Lipinski definition) is 4. The molecule has 0 aromatic carbocycles. The Balaban J connectivity index is 1.83. The zero-order valence-corrected chi connectivity index (χ0v) is 11.9. The number of piperidine rings is 1. The number of aliphatic hydroxyl groups is 1. The van der Waals surface area contributed by atoms with E-state index in [0.717, 1.165) is 19.3 Å². The minimum absolute atomic E-state index is 0.212. The van der Waals surface area contributed by atoms with Crippen molar-refractivity contribution >= 4 is 11.9 Å². The fourth-order valence-corrected chi connectivity index (χ4v) is 3.16. The summed E-state index contributed by atoms with van der Waals surface area (Å²) in [5.74, 6) is -0.868. The molecule has 6 heteroatoms. The summed E-state index contributed by atoms with van der Waals surface area (Å²) in [6, 6.07) is 0.146. The Labute approximate surface area is 118 Å². The van der Waals surface area contributed by atoms with Gasteiger partial charge in [0, 0.05) is 6.04 Å². The largest absolute Gasteiger partial charge is 0.479 e. The summed E-state index contributed by atoms with van der Waals surface area (Å²) < 4.78 is 0. The number of carboxylic acid groups (broad SMARTS) is 1. The first-order valence-electron chi connectivity index (χ1n) is 7.39. The second-order valence-electron chi connectivity index (χ2n) is 6.24. The molecule has 114 valence electrons. The van der Waals surface area contributed by atoms with Crippen LogP contribution in [-0.4, -0.2) is 46.3 Å². The summed E-state index contributed by atoms with van der Waals surface area (Å²) >= 11 is 0. The van der Waals surface area contributed by atoms with E-state index in [0.29, 0.717) is 12.0 Å². The van der Waals surface area contributed by atoms with Crippen molar-refractivity contribution in [2.75, 3.05) is 6.54 Å². The van der Waals surface area contributed by atoms with Crippen LogP contribution < -0.4 is 10.6 Å². The first-order chi connectivity index (χ1) is 9.40.